The SMILES string of the molecule is CC(=O)c1ccnc(OCCCC(C)C)c1. The van der Waals surface area contributed by atoms with Gasteiger partial charge < -0.3 is 4.74 Å². The first kappa shape index (κ1) is 12.7. The molecule has 0 aliphatic carbocycles. The van der Waals surface area contributed by atoms with E-state index in [1.165, 1.54) is 6.92 Å². The molecule has 0 bridgehead atoms. The van der Waals surface area contributed by atoms with Crippen molar-refractivity contribution in [3.8, 4) is 5.88 Å². The summed E-state index contributed by atoms with van der Waals surface area (Å²) in [7, 11) is 0. The fraction of sp³-hybridized carbons (Fsp3) is 0.538. The third-order valence-corrected chi connectivity index (χ3v) is 2.32. The molecule has 0 saturated heterocycles. The van der Waals surface area contributed by atoms with Crippen molar-refractivity contribution in [2.24, 2.45) is 5.92 Å². The standard InChI is InChI=1S/C13H19NO2/c1-10(2)5-4-8-16-13-9-12(11(3)15)6-7-14-13/h6-7,9-10H,4-5,8H2,1-3H3. The molecule has 0 fully saturated rings. The highest BCUT2D eigenvalue weighted by molar-refractivity contribution is 5.94. The summed E-state index contributed by atoms with van der Waals surface area (Å²) in [6.07, 6.45) is 3.77. The summed E-state index contributed by atoms with van der Waals surface area (Å²) in [6.45, 7) is 6.58. The number of hydrogen-bond acceptors (Lipinski definition) is 3. The first-order valence-corrected chi connectivity index (χ1v) is 5.69. The Kier molecular flexibility index (Phi) is 4.96. The third kappa shape index (κ3) is 4.43. The van der Waals surface area contributed by atoms with E-state index in [2.05, 4.69) is 18.8 Å². The van der Waals surface area contributed by atoms with Gasteiger partial charge in [-0.1, -0.05) is 13.8 Å². The van der Waals surface area contributed by atoms with Crippen molar-refractivity contribution in [1.29, 1.82) is 0 Å². The van der Waals surface area contributed by atoms with Gasteiger partial charge in [0.1, 0.15) is 0 Å². The van der Waals surface area contributed by atoms with Crippen molar-refractivity contribution in [3.05, 3.63) is 23.9 Å². The van der Waals surface area contributed by atoms with Gasteiger partial charge in [-0.3, -0.25) is 4.79 Å². The molecule has 0 unspecified atom stereocenters. The monoisotopic (exact) mass is 221 g/mol. The van der Waals surface area contributed by atoms with E-state index in [4.69, 9.17) is 4.74 Å². The van der Waals surface area contributed by atoms with Crippen molar-refractivity contribution in [1.82, 2.24) is 4.98 Å². The predicted molar refractivity (Wildman–Crippen MR) is 63.8 cm³/mol. The number of ether oxygens (including phenoxy) is 1. The lowest BCUT2D eigenvalue weighted by Crippen LogP contribution is -2.02. The van der Waals surface area contributed by atoms with Crippen LogP contribution in [-0.4, -0.2) is 17.4 Å². The second-order valence-corrected chi connectivity index (χ2v) is 4.32. The number of ketones is 1. The van der Waals surface area contributed by atoms with Crippen molar-refractivity contribution in [2.45, 2.75) is 33.6 Å². The van der Waals surface area contributed by atoms with Crippen molar-refractivity contribution in [3.63, 3.8) is 0 Å². The summed E-state index contributed by atoms with van der Waals surface area (Å²) in [5.41, 5.74) is 0.647. The van der Waals surface area contributed by atoms with Gasteiger partial charge in [-0.05, 0) is 31.7 Å². The minimum absolute atomic E-state index is 0.0365. The van der Waals surface area contributed by atoms with Gasteiger partial charge in [-0.2, -0.15) is 0 Å². The van der Waals surface area contributed by atoms with E-state index in [9.17, 15) is 4.79 Å². The lowest BCUT2D eigenvalue weighted by Gasteiger charge is -2.07. The zero-order valence-corrected chi connectivity index (χ0v) is 10.2. The Balaban J connectivity index is 2.42. The van der Waals surface area contributed by atoms with E-state index >= 15 is 0 Å². The van der Waals surface area contributed by atoms with E-state index < -0.39 is 0 Å². The average Bonchev–Trinajstić information content (AvgIpc) is 2.24. The highest BCUT2D eigenvalue weighted by atomic mass is 16.5. The molecule has 1 aromatic rings. The Hall–Kier alpha value is -1.38. The fourth-order valence-electron chi connectivity index (χ4n) is 1.38. The molecule has 0 spiro atoms. The molecule has 1 rings (SSSR count). The maximum Gasteiger partial charge on any atom is 0.213 e. The first-order valence-electron chi connectivity index (χ1n) is 5.69. The fourth-order valence-corrected chi connectivity index (χ4v) is 1.38. The van der Waals surface area contributed by atoms with Gasteiger partial charge in [0.15, 0.2) is 5.78 Å². The van der Waals surface area contributed by atoms with Gasteiger partial charge in [0, 0.05) is 17.8 Å². The number of nitrogens with zero attached hydrogens (tertiary/aromatic N) is 1. The summed E-state index contributed by atoms with van der Waals surface area (Å²) in [5.74, 6) is 1.27. The van der Waals surface area contributed by atoms with Crippen LogP contribution in [0.25, 0.3) is 0 Å². The molecule has 0 saturated carbocycles. The molecule has 3 nitrogen and oxygen atoms in total. The van der Waals surface area contributed by atoms with Crippen LogP contribution in [-0.2, 0) is 0 Å². The van der Waals surface area contributed by atoms with E-state index in [1.807, 2.05) is 0 Å². The second-order valence-electron chi connectivity index (χ2n) is 4.32. The lowest BCUT2D eigenvalue weighted by molar-refractivity contribution is 0.101. The molecule has 0 N–H and O–H groups in total. The van der Waals surface area contributed by atoms with Gasteiger partial charge >= 0.3 is 0 Å². The Morgan fingerprint density at radius 1 is 1.50 bits per heavy atom. The average molecular weight is 221 g/mol. The molecule has 0 atom stereocenters. The minimum Gasteiger partial charge on any atom is -0.478 e. The Labute approximate surface area is 96.8 Å². The molecular formula is C13H19NO2. The van der Waals surface area contributed by atoms with Crippen LogP contribution in [0, 0.1) is 5.92 Å². The largest absolute Gasteiger partial charge is 0.478 e. The molecule has 1 heterocycles. The van der Waals surface area contributed by atoms with Gasteiger partial charge in [-0.15, -0.1) is 0 Å². The normalized spacial score (nSPS) is 10.5. The Bertz CT molecular complexity index is 348. The van der Waals surface area contributed by atoms with Gasteiger partial charge in [-0.25, -0.2) is 4.98 Å². The maximum absolute atomic E-state index is 11.1. The molecule has 0 aromatic carbocycles. The zero-order valence-electron chi connectivity index (χ0n) is 10.2. The highest BCUT2D eigenvalue weighted by Gasteiger charge is 2.02. The van der Waals surface area contributed by atoms with E-state index in [0.29, 0.717) is 24.0 Å². The summed E-state index contributed by atoms with van der Waals surface area (Å²) in [4.78, 5) is 15.2. The predicted octanol–water partition coefficient (Wildman–Crippen LogP) is 3.10. The first-order chi connectivity index (χ1) is 7.59. The zero-order chi connectivity index (χ0) is 12.0. The number of carbonyl (C=O) groups excluding carboxylic acids is 1. The molecular weight excluding hydrogens is 202 g/mol. The minimum atomic E-state index is 0.0365. The third-order valence-electron chi connectivity index (χ3n) is 2.32. The highest BCUT2D eigenvalue weighted by Crippen LogP contribution is 2.11. The number of carbonyl (C=O) groups is 1. The molecule has 3 heteroatoms. The lowest BCUT2D eigenvalue weighted by atomic mass is 10.1. The Morgan fingerprint density at radius 2 is 2.25 bits per heavy atom. The van der Waals surface area contributed by atoms with Crippen LogP contribution < -0.4 is 4.74 Å². The van der Waals surface area contributed by atoms with Crippen molar-refractivity contribution in [2.75, 3.05) is 6.61 Å². The molecule has 0 amide bonds. The molecule has 0 radical (unpaired) electrons. The van der Waals surface area contributed by atoms with Gasteiger partial charge in [0.2, 0.25) is 5.88 Å². The summed E-state index contributed by atoms with van der Waals surface area (Å²) < 4.78 is 5.48. The molecule has 16 heavy (non-hydrogen) atoms. The maximum atomic E-state index is 11.1. The van der Waals surface area contributed by atoms with Crippen molar-refractivity contribution < 1.29 is 9.53 Å². The number of rotatable bonds is 6. The van der Waals surface area contributed by atoms with Crippen LogP contribution in [0.15, 0.2) is 18.3 Å². The summed E-state index contributed by atoms with van der Waals surface area (Å²) in [6, 6.07) is 3.39. The number of pyridine rings is 1. The topological polar surface area (TPSA) is 39.2 Å². The van der Waals surface area contributed by atoms with Gasteiger partial charge in [0.25, 0.3) is 0 Å². The summed E-state index contributed by atoms with van der Waals surface area (Å²) in [5, 5.41) is 0. The van der Waals surface area contributed by atoms with Crippen molar-refractivity contribution >= 4 is 5.78 Å². The Morgan fingerprint density at radius 3 is 2.88 bits per heavy atom. The smallest absolute Gasteiger partial charge is 0.213 e. The molecule has 1 aromatic heterocycles. The number of hydrogen-bond donors (Lipinski definition) is 0. The summed E-state index contributed by atoms with van der Waals surface area (Å²) >= 11 is 0. The van der Waals surface area contributed by atoms with Gasteiger partial charge in [0.05, 0.1) is 6.61 Å². The number of aromatic nitrogens is 1. The second kappa shape index (κ2) is 6.26. The van der Waals surface area contributed by atoms with Crippen LogP contribution >= 0.6 is 0 Å². The molecule has 88 valence electrons. The number of Topliss-reactive ketones (excluding diaryl/α,β-unsaturated/α-hetero) is 1. The van der Waals surface area contributed by atoms with Crippen LogP contribution in [0.4, 0.5) is 0 Å². The molecule has 0 aliphatic heterocycles. The van der Waals surface area contributed by atoms with Crippen LogP contribution in [0.1, 0.15) is 44.0 Å². The van der Waals surface area contributed by atoms with E-state index in [-0.39, 0.29) is 5.78 Å². The van der Waals surface area contributed by atoms with E-state index in [1.54, 1.807) is 18.3 Å². The van der Waals surface area contributed by atoms with Crippen LogP contribution in [0.5, 0.6) is 5.88 Å². The van der Waals surface area contributed by atoms with Crippen LogP contribution in [0.2, 0.25) is 0 Å². The molecule has 0 aliphatic rings. The van der Waals surface area contributed by atoms with E-state index in [0.717, 1.165) is 12.8 Å². The quantitative estimate of drug-likeness (QED) is 0.547. The van der Waals surface area contributed by atoms with Crippen LogP contribution in [0.3, 0.4) is 0 Å².